The molecule has 1 amide bonds. The monoisotopic (exact) mass is 487 g/mol. The number of anilines is 1. The van der Waals surface area contributed by atoms with Gasteiger partial charge in [-0.05, 0) is 57.7 Å². The number of amides is 1. The van der Waals surface area contributed by atoms with Gasteiger partial charge in [0.1, 0.15) is 12.1 Å². The molecule has 0 atom stereocenters. The summed E-state index contributed by atoms with van der Waals surface area (Å²) in [4.78, 5) is 25.7. The summed E-state index contributed by atoms with van der Waals surface area (Å²) in [5, 5.41) is 7.41. The van der Waals surface area contributed by atoms with E-state index in [2.05, 4.69) is 57.0 Å². The van der Waals surface area contributed by atoms with Gasteiger partial charge in [-0.2, -0.15) is 4.68 Å². The summed E-state index contributed by atoms with van der Waals surface area (Å²) in [5.74, 6) is 2.11. The number of likely N-dealkylation sites (tertiary alicyclic amines) is 2. The number of aromatic nitrogens is 4. The molecule has 5 rings (SSSR count). The molecule has 0 bridgehead atoms. The number of hydrogen-bond donors (Lipinski definition) is 1. The van der Waals surface area contributed by atoms with Crippen molar-refractivity contribution in [1.29, 1.82) is 0 Å². The van der Waals surface area contributed by atoms with E-state index in [9.17, 15) is 4.79 Å². The lowest BCUT2D eigenvalue weighted by Crippen LogP contribution is -2.53. The lowest BCUT2D eigenvalue weighted by atomic mass is 9.84. The van der Waals surface area contributed by atoms with E-state index >= 15 is 0 Å². The molecule has 0 aliphatic carbocycles. The summed E-state index contributed by atoms with van der Waals surface area (Å²) in [7, 11) is 0. The minimum absolute atomic E-state index is 0.0801. The van der Waals surface area contributed by atoms with Crippen LogP contribution in [0.1, 0.15) is 43.7 Å². The Morgan fingerprint density at radius 1 is 1.14 bits per heavy atom. The first-order valence-corrected chi connectivity index (χ1v) is 12.5. The van der Waals surface area contributed by atoms with Crippen LogP contribution in [-0.2, 0) is 6.54 Å². The summed E-state index contributed by atoms with van der Waals surface area (Å²) in [5.41, 5.74) is 3.19. The molecule has 0 radical (unpaired) electrons. The van der Waals surface area contributed by atoms with Gasteiger partial charge >= 0.3 is 6.03 Å². The van der Waals surface area contributed by atoms with Gasteiger partial charge < -0.3 is 15.0 Å². The quantitative estimate of drug-likeness (QED) is 0.533. The Morgan fingerprint density at radius 3 is 2.67 bits per heavy atom. The minimum atomic E-state index is -0.0801. The zero-order valence-electron chi connectivity index (χ0n) is 21.0. The number of ether oxygens (including phenoxy) is 1. The number of carbonyl (C=O) groups excluding carboxylic acids is 1. The van der Waals surface area contributed by atoms with Crippen LogP contribution in [0, 0.1) is 6.92 Å². The van der Waals surface area contributed by atoms with Crippen molar-refractivity contribution >= 4 is 11.8 Å². The fourth-order valence-corrected chi connectivity index (χ4v) is 5.34. The van der Waals surface area contributed by atoms with E-state index in [1.165, 1.54) is 11.0 Å². The van der Waals surface area contributed by atoms with Gasteiger partial charge in [0.15, 0.2) is 11.6 Å². The number of rotatable bonds is 6. The van der Waals surface area contributed by atoms with Crippen LogP contribution in [0.3, 0.4) is 0 Å². The molecule has 1 N–H and O–H groups in total. The first-order valence-electron chi connectivity index (χ1n) is 12.5. The summed E-state index contributed by atoms with van der Waals surface area (Å²) in [6.45, 7) is 11.1. The third kappa shape index (κ3) is 5.11. The summed E-state index contributed by atoms with van der Waals surface area (Å²) < 4.78 is 7.59. The average Bonchev–Trinajstić information content (AvgIpc) is 3.48. The Bertz CT molecular complexity index is 1230. The Morgan fingerprint density at radius 2 is 1.92 bits per heavy atom. The third-order valence-corrected chi connectivity index (χ3v) is 7.18. The normalized spacial score (nSPS) is 17.3. The fraction of sp³-hybridized carbons (Fsp3) is 0.407. The molecule has 2 fully saturated rings. The highest BCUT2D eigenvalue weighted by Crippen LogP contribution is 2.40. The Balaban J connectivity index is 1.26. The maximum atomic E-state index is 13.1. The van der Waals surface area contributed by atoms with Crippen LogP contribution >= 0.6 is 0 Å². The fourth-order valence-electron chi connectivity index (χ4n) is 5.34. The largest absolute Gasteiger partial charge is 0.454 e. The maximum Gasteiger partial charge on any atom is 0.344 e. The second-order valence-corrected chi connectivity index (χ2v) is 9.86. The van der Waals surface area contributed by atoms with Crippen LogP contribution in [-0.4, -0.2) is 60.8 Å². The molecule has 2 saturated heterocycles. The summed E-state index contributed by atoms with van der Waals surface area (Å²) in [6, 6.07) is 8.08. The van der Waals surface area contributed by atoms with Crippen molar-refractivity contribution in [2.45, 2.75) is 51.6 Å². The molecular weight excluding hydrogens is 454 g/mol. The highest BCUT2D eigenvalue weighted by atomic mass is 16.5. The lowest BCUT2D eigenvalue weighted by molar-refractivity contribution is 0.0581. The van der Waals surface area contributed by atoms with Gasteiger partial charge in [0, 0.05) is 48.7 Å². The van der Waals surface area contributed by atoms with Gasteiger partial charge in [-0.25, -0.2) is 14.8 Å². The van der Waals surface area contributed by atoms with Gasteiger partial charge in [0.25, 0.3) is 0 Å². The predicted octanol–water partition coefficient (Wildman–Crippen LogP) is 4.82. The van der Waals surface area contributed by atoms with Gasteiger partial charge in [-0.15, -0.1) is 5.10 Å². The van der Waals surface area contributed by atoms with Crippen molar-refractivity contribution in [3.63, 3.8) is 0 Å². The van der Waals surface area contributed by atoms with Gasteiger partial charge in [0.05, 0.1) is 12.4 Å². The molecule has 0 saturated carbocycles. The van der Waals surface area contributed by atoms with Crippen molar-refractivity contribution in [1.82, 2.24) is 29.5 Å². The molecule has 0 unspecified atom stereocenters. The second-order valence-electron chi connectivity index (χ2n) is 9.86. The highest BCUT2D eigenvalue weighted by Gasteiger charge is 2.44. The van der Waals surface area contributed by atoms with Crippen LogP contribution in [0.2, 0.25) is 0 Å². The molecule has 2 aliphatic rings. The van der Waals surface area contributed by atoms with E-state index < -0.39 is 0 Å². The van der Waals surface area contributed by atoms with Crippen molar-refractivity contribution < 1.29 is 9.53 Å². The standard InChI is InChI=1S/C27H33N7O2/c1-20(2)30-25-7-12-34(31-25)26(35)32-13-9-27(10-14-32)8-4-11-33(27)18-22-6-5-21(3)15-24(22)36-23-16-28-19-29-17-23/h5-7,12,15-17,19H,1,4,8-11,13-14,18H2,2-3H3,(H,30,31). The summed E-state index contributed by atoms with van der Waals surface area (Å²) >= 11 is 0. The Labute approximate surface area is 211 Å². The SMILES string of the molecule is C=C(C)Nc1ccn(C(=O)N2CCC3(CCCN3Cc3ccc(C)cc3Oc3cncnc3)CC2)n1. The van der Waals surface area contributed by atoms with Crippen LogP contribution in [0.4, 0.5) is 10.6 Å². The van der Waals surface area contributed by atoms with Crippen LogP contribution in [0.5, 0.6) is 11.5 Å². The number of piperidine rings is 1. The van der Waals surface area contributed by atoms with E-state index in [4.69, 9.17) is 4.74 Å². The number of aryl methyl sites for hydroxylation is 1. The number of nitrogens with one attached hydrogen (secondary N) is 1. The zero-order valence-corrected chi connectivity index (χ0v) is 21.0. The molecule has 2 aromatic heterocycles. The molecule has 1 aromatic carbocycles. The van der Waals surface area contributed by atoms with Gasteiger partial charge in [-0.3, -0.25) is 4.90 Å². The van der Waals surface area contributed by atoms with Crippen molar-refractivity contribution in [2.24, 2.45) is 0 Å². The van der Waals surface area contributed by atoms with E-state index in [0.29, 0.717) is 11.6 Å². The highest BCUT2D eigenvalue weighted by molar-refractivity contribution is 5.76. The molecule has 3 aromatic rings. The number of carbonyl (C=O) groups is 1. The number of nitrogens with zero attached hydrogens (tertiary/aromatic N) is 6. The van der Waals surface area contributed by atoms with Crippen LogP contribution in [0.15, 0.2) is 61.5 Å². The van der Waals surface area contributed by atoms with Crippen molar-refractivity contribution in [3.05, 3.63) is 72.6 Å². The molecular formula is C27H33N7O2. The molecule has 2 aliphatic heterocycles. The number of hydrogen-bond acceptors (Lipinski definition) is 7. The summed E-state index contributed by atoms with van der Waals surface area (Å²) in [6.07, 6.45) is 10.8. The predicted molar refractivity (Wildman–Crippen MR) is 138 cm³/mol. The number of benzene rings is 1. The molecule has 9 nitrogen and oxygen atoms in total. The maximum absolute atomic E-state index is 13.1. The van der Waals surface area contributed by atoms with Crippen LogP contribution in [0.25, 0.3) is 0 Å². The topological polar surface area (TPSA) is 88.4 Å². The van der Waals surface area contributed by atoms with E-state index in [0.717, 1.165) is 74.4 Å². The van der Waals surface area contributed by atoms with E-state index in [-0.39, 0.29) is 11.6 Å². The Hall–Kier alpha value is -3.72. The minimum Gasteiger partial charge on any atom is -0.454 e. The molecule has 1 spiro atoms. The molecule has 188 valence electrons. The molecule has 9 heteroatoms. The van der Waals surface area contributed by atoms with E-state index in [1.54, 1.807) is 24.7 Å². The smallest absolute Gasteiger partial charge is 0.344 e. The number of allylic oxidation sites excluding steroid dienone is 1. The second kappa shape index (κ2) is 10.1. The van der Waals surface area contributed by atoms with Crippen LogP contribution < -0.4 is 10.1 Å². The average molecular weight is 488 g/mol. The molecule has 4 heterocycles. The zero-order chi connectivity index (χ0) is 25.1. The van der Waals surface area contributed by atoms with Crippen molar-refractivity contribution in [2.75, 3.05) is 25.0 Å². The third-order valence-electron chi connectivity index (χ3n) is 7.18. The van der Waals surface area contributed by atoms with Gasteiger partial charge in [-0.1, -0.05) is 18.7 Å². The first-order chi connectivity index (χ1) is 17.4. The van der Waals surface area contributed by atoms with Crippen molar-refractivity contribution in [3.8, 4) is 11.5 Å². The first kappa shape index (κ1) is 24.0. The molecule has 36 heavy (non-hydrogen) atoms. The lowest BCUT2D eigenvalue weighted by Gasteiger charge is -2.45. The Kier molecular flexibility index (Phi) is 6.73. The van der Waals surface area contributed by atoms with E-state index in [1.807, 2.05) is 11.8 Å². The van der Waals surface area contributed by atoms with Gasteiger partial charge in [0.2, 0.25) is 0 Å².